The van der Waals surface area contributed by atoms with Crippen molar-refractivity contribution >= 4 is 5.97 Å². The first kappa shape index (κ1) is 26.4. The van der Waals surface area contributed by atoms with Crippen molar-refractivity contribution in [3.05, 3.63) is 0 Å². The molecule has 0 aliphatic rings. The molecule has 0 fully saturated rings. The second-order valence-electron chi connectivity index (χ2n) is 8.82. The van der Waals surface area contributed by atoms with E-state index in [-0.39, 0.29) is 17.5 Å². The van der Waals surface area contributed by atoms with E-state index in [2.05, 4.69) is 12.2 Å². The fraction of sp³-hybridized carbons (Fsp3) is 0.955. The van der Waals surface area contributed by atoms with Crippen molar-refractivity contribution in [2.24, 2.45) is 0 Å². The van der Waals surface area contributed by atoms with Crippen LogP contribution in [0.15, 0.2) is 0 Å². The lowest BCUT2D eigenvalue weighted by atomic mass is 10.0. The number of nitrogens with zero attached hydrogens (tertiary/aromatic N) is 1. The van der Waals surface area contributed by atoms with Crippen LogP contribution in [0.5, 0.6) is 0 Å². The summed E-state index contributed by atoms with van der Waals surface area (Å²) in [6.07, 6.45) is 17.2. The lowest BCUT2D eigenvalue weighted by molar-refractivity contribution is -0.918. The largest absolute Gasteiger partial charge is 0.476 e. The van der Waals surface area contributed by atoms with Gasteiger partial charge in [-0.3, -0.25) is 5.32 Å². The Hall–Kier alpha value is -0.650. The molecule has 0 aromatic heterocycles. The number of aliphatic hydroxyl groups is 1. The average Bonchev–Trinajstić information content (AvgIpc) is 2.59. The number of carbonyl (C=O) groups is 1. The van der Waals surface area contributed by atoms with Crippen LogP contribution in [0.25, 0.3) is 0 Å². The molecule has 162 valence electrons. The second kappa shape index (κ2) is 15.3. The number of nitrogens with one attached hydrogen (secondary N) is 1. The first-order chi connectivity index (χ1) is 12.8. The van der Waals surface area contributed by atoms with E-state index in [1.807, 2.05) is 21.1 Å². The summed E-state index contributed by atoms with van der Waals surface area (Å²) in [5.74, 6) is -0.890. The maximum atomic E-state index is 11.8. The quantitative estimate of drug-likeness (QED) is 0.173. The summed E-state index contributed by atoms with van der Waals surface area (Å²) < 4.78 is 0.251. The standard InChI is InChI=1S/C22H46N2O3/c1-5-6-7-8-9-10-11-12-13-14-15-16-17-19-23-22(18-20-25,21(26)27)24(2,3)4/h23,25H,5-20H2,1-4H3/p+1. The van der Waals surface area contributed by atoms with Crippen molar-refractivity contribution in [3.8, 4) is 0 Å². The number of likely N-dealkylation sites (N-methyl/N-ethyl adjacent to an activating group) is 1. The van der Waals surface area contributed by atoms with Gasteiger partial charge in [-0.15, -0.1) is 0 Å². The topological polar surface area (TPSA) is 69.6 Å². The maximum Gasteiger partial charge on any atom is 0.382 e. The van der Waals surface area contributed by atoms with Crippen LogP contribution < -0.4 is 5.32 Å². The molecule has 0 aliphatic carbocycles. The monoisotopic (exact) mass is 387 g/mol. The summed E-state index contributed by atoms with van der Waals surface area (Å²) in [5.41, 5.74) is -1.12. The molecule has 27 heavy (non-hydrogen) atoms. The molecule has 0 saturated carbocycles. The minimum absolute atomic E-state index is 0.132. The van der Waals surface area contributed by atoms with E-state index in [1.165, 1.54) is 70.6 Å². The van der Waals surface area contributed by atoms with E-state index in [1.54, 1.807) is 0 Å². The Morgan fingerprint density at radius 2 is 1.22 bits per heavy atom. The van der Waals surface area contributed by atoms with Crippen LogP contribution in [0, 0.1) is 0 Å². The molecule has 1 atom stereocenters. The average molecular weight is 388 g/mol. The molecule has 0 aromatic carbocycles. The second-order valence-corrected chi connectivity index (χ2v) is 8.82. The maximum absolute atomic E-state index is 11.8. The minimum Gasteiger partial charge on any atom is -0.476 e. The number of aliphatic hydroxyl groups excluding tert-OH is 1. The molecule has 0 spiro atoms. The molecule has 0 aliphatic heterocycles. The predicted octanol–water partition coefficient (Wildman–Crippen LogP) is 4.54. The number of quaternary nitrogens is 1. The summed E-state index contributed by atoms with van der Waals surface area (Å²) >= 11 is 0. The number of aliphatic carboxylic acids is 1. The van der Waals surface area contributed by atoms with Crippen molar-refractivity contribution < 1.29 is 19.5 Å². The van der Waals surface area contributed by atoms with Crippen LogP contribution in [-0.4, -0.2) is 60.6 Å². The SMILES string of the molecule is CCCCCCCCCCCCCCCNC(CCO)(C(=O)O)[N+](C)(C)C. The third kappa shape index (κ3) is 11.1. The molecule has 3 N–H and O–H groups in total. The number of unbranched alkanes of at least 4 members (excludes halogenated alkanes) is 12. The van der Waals surface area contributed by atoms with Gasteiger partial charge in [0, 0.05) is 6.54 Å². The summed E-state index contributed by atoms with van der Waals surface area (Å²) in [6.45, 7) is 2.81. The molecular formula is C22H47N2O3+. The Morgan fingerprint density at radius 3 is 1.56 bits per heavy atom. The van der Waals surface area contributed by atoms with Crippen molar-refractivity contribution in [3.63, 3.8) is 0 Å². The van der Waals surface area contributed by atoms with E-state index in [0.29, 0.717) is 6.54 Å². The molecule has 0 bridgehead atoms. The zero-order valence-corrected chi connectivity index (χ0v) is 18.6. The Bertz CT molecular complexity index is 369. The lowest BCUT2D eigenvalue weighted by Gasteiger charge is -2.43. The van der Waals surface area contributed by atoms with Gasteiger partial charge in [-0.2, -0.15) is 0 Å². The highest BCUT2D eigenvalue weighted by atomic mass is 16.4. The Morgan fingerprint density at radius 1 is 0.815 bits per heavy atom. The van der Waals surface area contributed by atoms with Gasteiger partial charge in [0.15, 0.2) is 0 Å². The van der Waals surface area contributed by atoms with Gasteiger partial charge >= 0.3 is 5.97 Å². The van der Waals surface area contributed by atoms with Gasteiger partial charge in [0.1, 0.15) is 0 Å². The van der Waals surface area contributed by atoms with Crippen LogP contribution in [0.1, 0.15) is 96.8 Å². The summed E-state index contributed by atoms with van der Waals surface area (Å²) in [4.78, 5) is 11.8. The Labute approximate surface area is 168 Å². The van der Waals surface area contributed by atoms with Gasteiger partial charge < -0.3 is 14.7 Å². The summed E-state index contributed by atoms with van der Waals surface area (Å²) in [6, 6.07) is 0. The van der Waals surface area contributed by atoms with Crippen molar-refractivity contribution in [1.29, 1.82) is 0 Å². The molecule has 0 rings (SSSR count). The highest BCUT2D eigenvalue weighted by molar-refractivity contribution is 5.76. The van der Waals surface area contributed by atoms with Gasteiger partial charge in [0.05, 0.1) is 34.2 Å². The molecule has 0 radical (unpaired) electrons. The van der Waals surface area contributed by atoms with Crippen LogP contribution in [0.4, 0.5) is 0 Å². The van der Waals surface area contributed by atoms with E-state index in [9.17, 15) is 15.0 Å². The highest BCUT2D eigenvalue weighted by Crippen LogP contribution is 2.21. The van der Waals surface area contributed by atoms with Crippen molar-refractivity contribution in [2.45, 2.75) is 102 Å². The minimum atomic E-state index is -1.12. The molecule has 0 heterocycles. The fourth-order valence-corrected chi connectivity index (χ4v) is 3.73. The van der Waals surface area contributed by atoms with E-state index >= 15 is 0 Å². The lowest BCUT2D eigenvalue weighted by Crippen LogP contribution is -2.70. The highest BCUT2D eigenvalue weighted by Gasteiger charge is 2.49. The van der Waals surface area contributed by atoms with Crippen LogP contribution in [0.3, 0.4) is 0 Å². The van der Waals surface area contributed by atoms with Gasteiger partial charge in [0.25, 0.3) is 5.66 Å². The van der Waals surface area contributed by atoms with E-state index < -0.39 is 11.6 Å². The summed E-state index contributed by atoms with van der Waals surface area (Å²) in [7, 11) is 5.59. The Balaban J connectivity index is 3.76. The molecule has 0 aromatic rings. The predicted molar refractivity (Wildman–Crippen MR) is 114 cm³/mol. The number of carboxylic acids is 1. The van der Waals surface area contributed by atoms with E-state index in [0.717, 1.165) is 12.8 Å². The molecule has 1 unspecified atom stereocenters. The van der Waals surface area contributed by atoms with Crippen LogP contribution >= 0.6 is 0 Å². The Kier molecular flexibility index (Phi) is 14.9. The van der Waals surface area contributed by atoms with Crippen molar-refractivity contribution in [2.75, 3.05) is 34.3 Å². The van der Waals surface area contributed by atoms with Crippen LogP contribution in [-0.2, 0) is 4.79 Å². The van der Waals surface area contributed by atoms with E-state index in [4.69, 9.17) is 0 Å². The third-order valence-corrected chi connectivity index (χ3v) is 5.67. The zero-order chi connectivity index (χ0) is 20.6. The van der Waals surface area contributed by atoms with Gasteiger partial charge in [0.2, 0.25) is 0 Å². The third-order valence-electron chi connectivity index (χ3n) is 5.67. The molecule has 5 heteroatoms. The number of carboxylic acid groups (broad SMARTS) is 1. The number of hydrogen-bond acceptors (Lipinski definition) is 3. The van der Waals surface area contributed by atoms with Crippen molar-refractivity contribution in [1.82, 2.24) is 5.32 Å². The molecule has 0 amide bonds. The molecule has 0 saturated heterocycles. The fourth-order valence-electron chi connectivity index (χ4n) is 3.73. The van der Waals surface area contributed by atoms with Crippen LogP contribution in [0.2, 0.25) is 0 Å². The van der Waals surface area contributed by atoms with Gasteiger partial charge in [-0.25, -0.2) is 4.79 Å². The molecular weight excluding hydrogens is 340 g/mol. The smallest absolute Gasteiger partial charge is 0.382 e. The first-order valence-corrected chi connectivity index (χ1v) is 11.2. The number of hydrogen-bond donors (Lipinski definition) is 3. The zero-order valence-electron chi connectivity index (χ0n) is 18.6. The number of rotatable bonds is 19. The normalized spacial score (nSPS) is 14.3. The summed E-state index contributed by atoms with van der Waals surface area (Å²) in [5, 5.41) is 22.2. The van der Waals surface area contributed by atoms with Gasteiger partial charge in [-0.1, -0.05) is 84.0 Å². The first-order valence-electron chi connectivity index (χ1n) is 11.2. The van der Waals surface area contributed by atoms with Gasteiger partial charge in [-0.05, 0) is 6.42 Å². The molecule has 5 nitrogen and oxygen atoms in total.